The van der Waals surface area contributed by atoms with Crippen molar-refractivity contribution in [3.63, 3.8) is 0 Å². The van der Waals surface area contributed by atoms with Gasteiger partial charge in [-0.15, -0.1) is 0 Å². The highest BCUT2D eigenvalue weighted by molar-refractivity contribution is 8.76. The molecule has 0 bridgehead atoms. The standard InChI is InChI=1S/C26H30N4O8S2/c1-15(31)27-19-5-9-21(10-6-19)37-25(35)23(29-17(3)33)13-39-40-14-24(30-18(4)34)26(36)38-22-11-7-20(8-12-22)28-16(2)32/h5-12,23-24H,13-14H2,1-4H3,(H,27,31)(H,28,32)(H,29,33)(H,30,34). The third-order valence-electron chi connectivity index (χ3n) is 4.66. The van der Waals surface area contributed by atoms with Crippen molar-refractivity contribution in [2.75, 3.05) is 22.1 Å². The predicted octanol–water partition coefficient (Wildman–Crippen LogP) is 2.51. The van der Waals surface area contributed by atoms with Gasteiger partial charge in [0, 0.05) is 50.6 Å². The second-order valence-corrected chi connectivity index (χ2v) is 10.9. The first-order valence-electron chi connectivity index (χ1n) is 11.9. The Labute approximate surface area is 239 Å². The Morgan fingerprint density at radius 1 is 0.575 bits per heavy atom. The zero-order valence-electron chi connectivity index (χ0n) is 22.3. The van der Waals surface area contributed by atoms with Crippen LogP contribution in [0.25, 0.3) is 0 Å². The summed E-state index contributed by atoms with van der Waals surface area (Å²) < 4.78 is 10.7. The van der Waals surface area contributed by atoms with Crippen molar-refractivity contribution in [1.82, 2.24) is 10.6 Å². The second-order valence-electron chi connectivity index (χ2n) is 8.33. The van der Waals surface area contributed by atoms with Gasteiger partial charge in [-0.1, -0.05) is 21.6 Å². The summed E-state index contributed by atoms with van der Waals surface area (Å²) in [5.74, 6) is -2.06. The normalized spacial score (nSPS) is 11.8. The predicted molar refractivity (Wildman–Crippen MR) is 153 cm³/mol. The molecule has 14 heteroatoms. The number of hydrogen-bond acceptors (Lipinski definition) is 10. The molecule has 2 unspecified atom stereocenters. The Morgan fingerprint density at radius 2 is 0.900 bits per heavy atom. The van der Waals surface area contributed by atoms with Crippen molar-refractivity contribution in [2.45, 2.75) is 39.8 Å². The van der Waals surface area contributed by atoms with E-state index in [9.17, 15) is 28.8 Å². The first-order chi connectivity index (χ1) is 18.9. The Morgan fingerprint density at radius 3 is 1.18 bits per heavy atom. The Hall–Kier alpha value is -4.04. The van der Waals surface area contributed by atoms with Crippen LogP contribution in [0.4, 0.5) is 11.4 Å². The van der Waals surface area contributed by atoms with Gasteiger partial charge in [-0.05, 0) is 48.5 Å². The summed E-state index contributed by atoms with van der Waals surface area (Å²) >= 11 is 0. The fraction of sp³-hybridized carbons (Fsp3) is 0.308. The van der Waals surface area contributed by atoms with Gasteiger partial charge in [0.1, 0.15) is 23.6 Å². The average Bonchev–Trinajstić information content (AvgIpc) is 2.86. The van der Waals surface area contributed by atoms with Gasteiger partial charge in [0.25, 0.3) is 0 Å². The minimum atomic E-state index is -0.988. The van der Waals surface area contributed by atoms with Crippen molar-refractivity contribution in [1.29, 1.82) is 0 Å². The molecule has 0 aliphatic rings. The van der Waals surface area contributed by atoms with Crippen LogP contribution in [-0.2, 0) is 28.8 Å². The molecule has 0 heterocycles. The molecule has 4 amide bonds. The van der Waals surface area contributed by atoms with E-state index < -0.39 is 35.8 Å². The lowest BCUT2D eigenvalue weighted by Crippen LogP contribution is -2.44. The van der Waals surface area contributed by atoms with E-state index in [1.807, 2.05) is 0 Å². The summed E-state index contributed by atoms with van der Waals surface area (Å²) in [6.45, 7) is 5.29. The lowest BCUT2D eigenvalue weighted by molar-refractivity contribution is -0.138. The first kappa shape index (κ1) is 32.2. The van der Waals surface area contributed by atoms with Crippen LogP contribution < -0.4 is 30.7 Å². The zero-order chi connectivity index (χ0) is 29.7. The smallest absolute Gasteiger partial charge is 0.334 e. The molecule has 12 nitrogen and oxygen atoms in total. The number of nitrogens with one attached hydrogen (secondary N) is 4. The Balaban J connectivity index is 1.93. The van der Waals surface area contributed by atoms with E-state index >= 15 is 0 Å². The molecule has 40 heavy (non-hydrogen) atoms. The maximum Gasteiger partial charge on any atom is 0.334 e. The third-order valence-corrected chi connectivity index (χ3v) is 7.09. The van der Waals surface area contributed by atoms with Crippen LogP contribution in [0, 0.1) is 0 Å². The number of anilines is 2. The van der Waals surface area contributed by atoms with Gasteiger partial charge in [0.15, 0.2) is 0 Å². The third kappa shape index (κ3) is 12.2. The van der Waals surface area contributed by atoms with Crippen molar-refractivity contribution in [2.24, 2.45) is 0 Å². The van der Waals surface area contributed by atoms with Gasteiger partial charge in [-0.3, -0.25) is 19.2 Å². The molecule has 0 spiro atoms. The minimum Gasteiger partial charge on any atom is -0.425 e. The fourth-order valence-corrected chi connectivity index (χ4v) is 5.35. The lowest BCUT2D eigenvalue weighted by atomic mass is 10.3. The number of carbonyl (C=O) groups is 6. The molecule has 0 aromatic heterocycles. The summed E-state index contributed by atoms with van der Waals surface area (Å²) in [6, 6.07) is 10.3. The molecule has 0 saturated carbocycles. The number of amides is 4. The Kier molecular flexibility index (Phi) is 13.0. The van der Waals surface area contributed by atoms with E-state index in [-0.39, 0.29) is 34.8 Å². The first-order valence-corrected chi connectivity index (χ1v) is 14.4. The van der Waals surface area contributed by atoms with Gasteiger partial charge in [0.05, 0.1) is 0 Å². The van der Waals surface area contributed by atoms with Crippen LogP contribution in [0.3, 0.4) is 0 Å². The number of benzene rings is 2. The Bertz CT molecular complexity index is 1130. The van der Waals surface area contributed by atoms with Gasteiger partial charge >= 0.3 is 11.9 Å². The number of rotatable bonds is 13. The van der Waals surface area contributed by atoms with Crippen molar-refractivity contribution in [3.05, 3.63) is 48.5 Å². The molecule has 2 rings (SSSR count). The number of ether oxygens (including phenoxy) is 2. The molecule has 4 N–H and O–H groups in total. The largest absolute Gasteiger partial charge is 0.425 e. The number of esters is 2. The molecule has 2 atom stereocenters. The molecular formula is C26H30N4O8S2. The molecule has 0 radical (unpaired) electrons. The highest BCUT2D eigenvalue weighted by atomic mass is 33.1. The molecule has 0 aliphatic heterocycles. The van der Waals surface area contributed by atoms with Crippen LogP contribution in [-0.4, -0.2) is 59.2 Å². The highest BCUT2D eigenvalue weighted by Gasteiger charge is 2.25. The summed E-state index contributed by atoms with van der Waals surface area (Å²) in [4.78, 5) is 71.0. The van der Waals surface area contributed by atoms with E-state index in [4.69, 9.17) is 9.47 Å². The molecule has 2 aromatic rings. The van der Waals surface area contributed by atoms with Crippen LogP contribution >= 0.6 is 21.6 Å². The molecule has 0 saturated heterocycles. The SMILES string of the molecule is CC(=O)Nc1ccc(OC(=O)C(CSSCC(NC(C)=O)C(=O)Oc2ccc(NC(C)=O)cc2)NC(C)=O)cc1. The van der Waals surface area contributed by atoms with Crippen LogP contribution in [0.5, 0.6) is 11.5 Å². The minimum absolute atomic E-state index is 0.111. The van der Waals surface area contributed by atoms with E-state index in [0.29, 0.717) is 11.4 Å². The molecule has 2 aromatic carbocycles. The number of carbonyl (C=O) groups excluding carboxylic acids is 6. The van der Waals surface area contributed by atoms with Gasteiger partial charge in [-0.25, -0.2) is 9.59 Å². The van der Waals surface area contributed by atoms with Gasteiger partial charge in [-0.2, -0.15) is 0 Å². The van der Waals surface area contributed by atoms with Crippen molar-refractivity contribution < 1.29 is 38.2 Å². The van der Waals surface area contributed by atoms with Crippen LogP contribution in [0.1, 0.15) is 27.7 Å². The van der Waals surface area contributed by atoms with E-state index in [0.717, 1.165) is 0 Å². The fourth-order valence-electron chi connectivity index (χ4n) is 3.05. The average molecular weight is 591 g/mol. The van der Waals surface area contributed by atoms with Crippen molar-refractivity contribution in [3.8, 4) is 11.5 Å². The van der Waals surface area contributed by atoms with E-state index in [1.165, 1.54) is 73.5 Å². The van der Waals surface area contributed by atoms with Crippen molar-refractivity contribution >= 4 is 68.5 Å². The quantitative estimate of drug-likeness (QED) is 0.118. The highest BCUT2D eigenvalue weighted by Crippen LogP contribution is 2.25. The van der Waals surface area contributed by atoms with Gasteiger partial charge < -0.3 is 30.7 Å². The molecule has 214 valence electrons. The lowest BCUT2D eigenvalue weighted by Gasteiger charge is -2.18. The van der Waals surface area contributed by atoms with Crippen LogP contribution in [0.2, 0.25) is 0 Å². The van der Waals surface area contributed by atoms with Crippen LogP contribution in [0.15, 0.2) is 48.5 Å². The molecule has 0 aliphatic carbocycles. The maximum atomic E-state index is 12.7. The van der Waals surface area contributed by atoms with E-state index in [2.05, 4.69) is 21.3 Å². The second kappa shape index (κ2) is 16.2. The summed E-state index contributed by atoms with van der Waals surface area (Å²) in [5, 5.41) is 10.3. The molecular weight excluding hydrogens is 560 g/mol. The topological polar surface area (TPSA) is 169 Å². The summed E-state index contributed by atoms with van der Waals surface area (Å²) in [7, 11) is 2.39. The van der Waals surface area contributed by atoms with Gasteiger partial charge in [0.2, 0.25) is 23.6 Å². The monoisotopic (exact) mass is 590 g/mol. The summed E-state index contributed by atoms with van der Waals surface area (Å²) in [6.07, 6.45) is 0. The summed E-state index contributed by atoms with van der Waals surface area (Å²) in [5.41, 5.74) is 1.07. The maximum absolute atomic E-state index is 12.7. The number of hydrogen-bond donors (Lipinski definition) is 4. The zero-order valence-corrected chi connectivity index (χ0v) is 23.9. The van der Waals surface area contributed by atoms with E-state index in [1.54, 1.807) is 24.3 Å². The molecule has 0 fully saturated rings.